The van der Waals surface area contributed by atoms with Gasteiger partial charge in [-0.05, 0) is 32.0 Å². The van der Waals surface area contributed by atoms with Crippen LogP contribution in [0.5, 0.6) is 5.75 Å². The lowest BCUT2D eigenvalue weighted by Gasteiger charge is -2.19. The van der Waals surface area contributed by atoms with Crippen molar-refractivity contribution in [3.05, 3.63) is 29.0 Å². The van der Waals surface area contributed by atoms with Gasteiger partial charge in [-0.3, -0.25) is 4.79 Å². The van der Waals surface area contributed by atoms with E-state index < -0.39 is 17.2 Å². The summed E-state index contributed by atoms with van der Waals surface area (Å²) in [6.45, 7) is 3.03. The highest BCUT2D eigenvalue weighted by atomic mass is 35.5. The monoisotopic (exact) mass is 246 g/mol. The third-order valence-electron chi connectivity index (χ3n) is 2.06. The highest BCUT2D eigenvalue weighted by molar-refractivity contribution is 6.32. The van der Waals surface area contributed by atoms with E-state index in [-0.39, 0.29) is 17.4 Å². The smallest absolute Gasteiger partial charge is 0.312 e. The van der Waals surface area contributed by atoms with Crippen molar-refractivity contribution in [1.29, 1.82) is 0 Å². The van der Waals surface area contributed by atoms with E-state index in [0.29, 0.717) is 0 Å². The molecular formula is C11H12ClFO3. The molecule has 0 amide bonds. The molecule has 1 aromatic carbocycles. The van der Waals surface area contributed by atoms with Crippen LogP contribution >= 0.6 is 11.6 Å². The molecule has 0 aromatic heterocycles. The summed E-state index contributed by atoms with van der Waals surface area (Å²) in [6.07, 6.45) is 0. The lowest BCUT2D eigenvalue weighted by Crippen LogP contribution is -2.30. The van der Waals surface area contributed by atoms with E-state index >= 15 is 0 Å². The fourth-order valence-electron chi connectivity index (χ4n) is 0.912. The summed E-state index contributed by atoms with van der Waals surface area (Å²) in [5.41, 5.74) is -1.02. The first-order valence-electron chi connectivity index (χ1n) is 4.64. The first-order valence-corrected chi connectivity index (χ1v) is 5.02. The predicted molar refractivity (Wildman–Crippen MR) is 58.3 cm³/mol. The van der Waals surface area contributed by atoms with Crippen molar-refractivity contribution in [3.8, 4) is 5.75 Å². The molecule has 1 rings (SSSR count). The van der Waals surface area contributed by atoms with Gasteiger partial charge in [0.05, 0.1) is 10.4 Å². The zero-order chi connectivity index (χ0) is 12.3. The predicted octanol–water partition coefficient (Wildman–Crippen LogP) is 2.97. The van der Waals surface area contributed by atoms with Crippen molar-refractivity contribution in [2.45, 2.75) is 13.8 Å². The van der Waals surface area contributed by atoms with Crippen LogP contribution in [0.3, 0.4) is 0 Å². The molecule has 0 aliphatic carbocycles. The Balaban J connectivity index is 2.72. The molecule has 1 aromatic rings. The Morgan fingerprint density at radius 1 is 1.56 bits per heavy atom. The molecule has 0 bridgehead atoms. The molecule has 0 radical (unpaired) electrons. The molecule has 0 atom stereocenters. The molecular weight excluding hydrogens is 235 g/mol. The van der Waals surface area contributed by atoms with Crippen LogP contribution in [0.2, 0.25) is 5.02 Å². The number of carboxylic acids is 1. The van der Waals surface area contributed by atoms with Gasteiger partial charge in [0, 0.05) is 0 Å². The quantitative estimate of drug-likeness (QED) is 0.888. The van der Waals surface area contributed by atoms with Crippen LogP contribution in [0.25, 0.3) is 0 Å². The molecule has 5 heteroatoms. The Bertz CT molecular complexity index is 404. The van der Waals surface area contributed by atoms with Crippen molar-refractivity contribution in [1.82, 2.24) is 0 Å². The maximum absolute atomic E-state index is 12.7. The minimum absolute atomic E-state index is 0.0340. The second kappa shape index (κ2) is 4.70. The summed E-state index contributed by atoms with van der Waals surface area (Å²) in [5.74, 6) is -1.15. The van der Waals surface area contributed by atoms with E-state index in [9.17, 15) is 9.18 Å². The number of carboxylic acid groups (broad SMARTS) is 1. The molecule has 0 unspecified atom stereocenters. The van der Waals surface area contributed by atoms with Crippen molar-refractivity contribution in [3.63, 3.8) is 0 Å². The molecule has 0 saturated carbocycles. The largest absolute Gasteiger partial charge is 0.491 e. The molecule has 0 aliphatic heterocycles. The maximum atomic E-state index is 12.7. The maximum Gasteiger partial charge on any atom is 0.312 e. The van der Waals surface area contributed by atoms with Crippen LogP contribution in [0.4, 0.5) is 4.39 Å². The Morgan fingerprint density at radius 3 is 2.69 bits per heavy atom. The van der Waals surface area contributed by atoms with Gasteiger partial charge in [-0.1, -0.05) is 11.6 Å². The van der Waals surface area contributed by atoms with Crippen LogP contribution in [0.1, 0.15) is 13.8 Å². The van der Waals surface area contributed by atoms with Crippen molar-refractivity contribution in [2.75, 3.05) is 6.61 Å². The van der Waals surface area contributed by atoms with Gasteiger partial charge >= 0.3 is 5.97 Å². The zero-order valence-electron chi connectivity index (χ0n) is 8.96. The number of carbonyl (C=O) groups is 1. The number of benzene rings is 1. The summed E-state index contributed by atoms with van der Waals surface area (Å²) >= 11 is 5.73. The summed E-state index contributed by atoms with van der Waals surface area (Å²) in [6, 6.07) is 3.69. The Hall–Kier alpha value is -1.29. The first-order chi connectivity index (χ1) is 7.33. The van der Waals surface area contributed by atoms with Gasteiger partial charge in [0.1, 0.15) is 18.2 Å². The van der Waals surface area contributed by atoms with E-state index in [0.717, 1.165) is 6.07 Å². The van der Waals surface area contributed by atoms with Gasteiger partial charge in [-0.25, -0.2) is 4.39 Å². The topological polar surface area (TPSA) is 46.5 Å². The van der Waals surface area contributed by atoms with Crippen LogP contribution < -0.4 is 4.74 Å². The molecule has 0 spiro atoms. The third-order valence-corrected chi connectivity index (χ3v) is 2.36. The highest BCUT2D eigenvalue weighted by Gasteiger charge is 2.28. The number of aliphatic carboxylic acids is 1. The molecule has 88 valence electrons. The molecule has 0 saturated heterocycles. The Kier molecular flexibility index (Phi) is 3.75. The highest BCUT2D eigenvalue weighted by Crippen LogP contribution is 2.27. The van der Waals surface area contributed by atoms with E-state index in [4.69, 9.17) is 21.4 Å². The van der Waals surface area contributed by atoms with E-state index in [1.807, 2.05) is 0 Å². The van der Waals surface area contributed by atoms with E-state index in [2.05, 4.69) is 0 Å². The lowest BCUT2D eigenvalue weighted by molar-refractivity contribution is -0.148. The molecule has 0 aliphatic rings. The minimum Gasteiger partial charge on any atom is -0.491 e. The average molecular weight is 247 g/mol. The standard InChI is InChI=1S/C11H12ClFO3/c1-11(2,10(14)15)6-16-9-4-3-7(13)5-8(9)12/h3-5H,6H2,1-2H3,(H,14,15). The average Bonchev–Trinajstić information content (AvgIpc) is 2.16. The van der Waals surface area contributed by atoms with Crippen LogP contribution in [-0.4, -0.2) is 17.7 Å². The van der Waals surface area contributed by atoms with Crippen molar-refractivity contribution in [2.24, 2.45) is 5.41 Å². The number of halogens is 2. The number of rotatable bonds is 4. The number of hydrogen-bond donors (Lipinski definition) is 1. The molecule has 0 fully saturated rings. The van der Waals surface area contributed by atoms with Gasteiger partial charge in [0.25, 0.3) is 0 Å². The summed E-state index contributed by atoms with van der Waals surface area (Å²) < 4.78 is 18.0. The first kappa shape index (κ1) is 12.8. The molecule has 1 N–H and O–H groups in total. The fraction of sp³-hybridized carbons (Fsp3) is 0.364. The summed E-state index contributed by atoms with van der Waals surface area (Å²) in [5, 5.41) is 8.99. The lowest BCUT2D eigenvalue weighted by atomic mass is 9.95. The van der Waals surface area contributed by atoms with Gasteiger partial charge in [0.15, 0.2) is 0 Å². The summed E-state index contributed by atoms with van der Waals surface area (Å²) in [7, 11) is 0. The van der Waals surface area contributed by atoms with Gasteiger partial charge in [0.2, 0.25) is 0 Å². The molecule has 0 heterocycles. The van der Waals surface area contributed by atoms with Crippen LogP contribution in [-0.2, 0) is 4.79 Å². The van der Waals surface area contributed by atoms with Crippen molar-refractivity contribution < 1.29 is 19.0 Å². The second-order valence-corrected chi connectivity index (χ2v) is 4.46. The van der Waals surface area contributed by atoms with Crippen LogP contribution in [0, 0.1) is 11.2 Å². The van der Waals surface area contributed by atoms with Gasteiger partial charge < -0.3 is 9.84 Å². The third kappa shape index (κ3) is 3.10. The SMILES string of the molecule is CC(C)(COc1ccc(F)cc1Cl)C(=O)O. The Labute approximate surface area is 97.8 Å². The summed E-state index contributed by atoms with van der Waals surface area (Å²) in [4.78, 5) is 10.8. The zero-order valence-corrected chi connectivity index (χ0v) is 9.71. The second-order valence-electron chi connectivity index (χ2n) is 4.05. The minimum atomic E-state index is -1.02. The van der Waals surface area contributed by atoms with E-state index in [1.54, 1.807) is 0 Å². The normalized spacial score (nSPS) is 11.2. The van der Waals surface area contributed by atoms with E-state index in [1.165, 1.54) is 26.0 Å². The molecule has 3 nitrogen and oxygen atoms in total. The number of hydrogen-bond acceptors (Lipinski definition) is 2. The van der Waals surface area contributed by atoms with Gasteiger partial charge in [-0.2, -0.15) is 0 Å². The van der Waals surface area contributed by atoms with Crippen LogP contribution in [0.15, 0.2) is 18.2 Å². The number of ether oxygens (including phenoxy) is 1. The fourth-order valence-corrected chi connectivity index (χ4v) is 1.13. The van der Waals surface area contributed by atoms with Crippen molar-refractivity contribution >= 4 is 17.6 Å². The molecule has 16 heavy (non-hydrogen) atoms. The Morgan fingerprint density at radius 2 is 2.19 bits per heavy atom. The van der Waals surface area contributed by atoms with Gasteiger partial charge in [-0.15, -0.1) is 0 Å².